The molecule has 1 aliphatic rings. The molecule has 1 aliphatic carbocycles. The molecule has 0 saturated carbocycles. The lowest BCUT2D eigenvalue weighted by Crippen LogP contribution is -2.04. The second-order valence-electron chi connectivity index (χ2n) is 6.52. The summed E-state index contributed by atoms with van der Waals surface area (Å²) in [7, 11) is 0. The summed E-state index contributed by atoms with van der Waals surface area (Å²) in [5, 5.41) is 20.7. The summed E-state index contributed by atoms with van der Waals surface area (Å²) in [5.41, 5.74) is 2.83. The van der Waals surface area contributed by atoms with Crippen molar-refractivity contribution in [1.82, 2.24) is 0 Å². The summed E-state index contributed by atoms with van der Waals surface area (Å²) in [5.74, 6) is 0.0956. The third-order valence-electron chi connectivity index (χ3n) is 4.44. The van der Waals surface area contributed by atoms with E-state index in [0.29, 0.717) is 10.5 Å². The minimum absolute atomic E-state index is 0.00889. The number of benzene rings is 2. The van der Waals surface area contributed by atoms with Gasteiger partial charge >= 0.3 is 0 Å². The summed E-state index contributed by atoms with van der Waals surface area (Å²) < 4.78 is 17.7. The van der Waals surface area contributed by atoms with Gasteiger partial charge in [-0.25, -0.2) is 4.21 Å². The molecule has 0 amide bonds. The van der Waals surface area contributed by atoms with Gasteiger partial charge in [0, 0.05) is 23.6 Å². The highest BCUT2D eigenvalue weighted by molar-refractivity contribution is 7.80. The van der Waals surface area contributed by atoms with Gasteiger partial charge in [0.1, 0.15) is 17.2 Å². The van der Waals surface area contributed by atoms with E-state index in [1.54, 1.807) is 12.1 Å². The highest BCUT2D eigenvalue weighted by Gasteiger charge is 2.22. The van der Waals surface area contributed by atoms with E-state index in [-0.39, 0.29) is 23.2 Å². The Bertz CT molecular complexity index is 801. The molecule has 0 aromatic heterocycles. The Morgan fingerprint density at radius 1 is 1.08 bits per heavy atom. The first-order valence-corrected chi connectivity index (χ1v) is 9.41. The van der Waals surface area contributed by atoms with E-state index < -0.39 is 11.1 Å². The molecule has 4 nitrogen and oxygen atoms in total. The van der Waals surface area contributed by atoms with E-state index in [9.17, 15) is 14.4 Å². The van der Waals surface area contributed by atoms with Gasteiger partial charge in [-0.1, -0.05) is 29.3 Å². The van der Waals surface area contributed by atoms with Crippen LogP contribution in [0.5, 0.6) is 17.2 Å². The molecule has 2 aromatic carbocycles. The summed E-state index contributed by atoms with van der Waals surface area (Å²) >= 11 is -1.71. The maximum Gasteiger partial charge on any atom is 0.240 e. The average Bonchev–Trinajstić information content (AvgIpc) is 2.55. The molecule has 0 heterocycles. The predicted molar refractivity (Wildman–Crippen MR) is 98.3 cm³/mol. The lowest BCUT2D eigenvalue weighted by Gasteiger charge is -2.22. The van der Waals surface area contributed by atoms with Crippen LogP contribution in [-0.4, -0.2) is 14.4 Å². The molecule has 0 bridgehead atoms. The highest BCUT2D eigenvalue weighted by Crippen LogP contribution is 2.43. The van der Waals surface area contributed by atoms with Crippen LogP contribution in [0.15, 0.2) is 52.9 Å². The topological polar surface area (TPSA) is 66.8 Å². The number of rotatable bonds is 4. The van der Waals surface area contributed by atoms with Gasteiger partial charge in [0.2, 0.25) is 11.1 Å². The Kier molecular flexibility index (Phi) is 5.13. The number of aromatic hydroxyl groups is 2. The lowest BCUT2D eigenvalue weighted by atomic mass is 9.85. The number of aryl methyl sites for hydroxylation is 1. The summed E-state index contributed by atoms with van der Waals surface area (Å²) in [6.45, 7) is 4.01. The van der Waals surface area contributed by atoms with E-state index in [1.807, 2.05) is 19.1 Å². The lowest BCUT2D eigenvalue weighted by molar-refractivity contribution is 0.424. The molecule has 5 heteroatoms. The fraction of sp³-hybridized carbons (Fsp3) is 0.300. The van der Waals surface area contributed by atoms with Gasteiger partial charge in [-0.3, -0.25) is 0 Å². The third kappa shape index (κ3) is 4.04. The van der Waals surface area contributed by atoms with Crippen molar-refractivity contribution in [2.75, 3.05) is 0 Å². The molecule has 0 spiro atoms. The molecule has 0 fully saturated rings. The summed E-state index contributed by atoms with van der Waals surface area (Å²) in [4.78, 5) is 0.527. The number of allylic oxidation sites excluding steroid dienone is 2. The molecule has 0 aliphatic heterocycles. The van der Waals surface area contributed by atoms with Gasteiger partial charge < -0.3 is 14.4 Å². The van der Waals surface area contributed by atoms with E-state index in [1.165, 1.54) is 17.7 Å². The summed E-state index contributed by atoms with van der Waals surface area (Å²) in [6, 6.07) is 10.0. The number of phenols is 2. The molecule has 3 rings (SSSR count). The molecular weight excluding hydrogens is 336 g/mol. The fourth-order valence-corrected chi connectivity index (χ4v) is 3.87. The van der Waals surface area contributed by atoms with Crippen LogP contribution >= 0.6 is 0 Å². The van der Waals surface area contributed by atoms with Gasteiger partial charge in [-0.05, 0) is 45.2 Å². The smallest absolute Gasteiger partial charge is 0.240 e. The highest BCUT2D eigenvalue weighted by atomic mass is 32.2. The Labute approximate surface area is 150 Å². The monoisotopic (exact) mass is 358 g/mol. The van der Waals surface area contributed by atoms with Crippen molar-refractivity contribution in [1.29, 1.82) is 0 Å². The second-order valence-corrected chi connectivity index (χ2v) is 7.63. The zero-order valence-corrected chi connectivity index (χ0v) is 15.2. The van der Waals surface area contributed by atoms with Gasteiger partial charge in [-0.2, -0.15) is 0 Å². The molecule has 2 aromatic rings. The minimum Gasteiger partial charge on any atom is -0.507 e. The largest absolute Gasteiger partial charge is 0.507 e. The standard InChI is InChI=1S/C20H22O4S/c1-13-6-8-17(9-7-13)25(23)24-16-11-18(21)20(19(22)12-16)15-5-3-4-14(2)10-15/h6-12,15,21-22H,3-5H2,1-2H3. The van der Waals surface area contributed by atoms with Gasteiger partial charge in [0.25, 0.3) is 0 Å². The van der Waals surface area contributed by atoms with Crippen molar-refractivity contribution < 1.29 is 18.6 Å². The maximum atomic E-state index is 12.3. The Balaban J connectivity index is 1.83. The number of phenolic OH excluding ortho intramolecular Hbond substituents is 2. The first-order valence-electron chi connectivity index (χ1n) is 8.34. The van der Waals surface area contributed by atoms with Gasteiger partial charge in [-0.15, -0.1) is 0 Å². The van der Waals surface area contributed by atoms with Crippen LogP contribution in [-0.2, 0) is 11.1 Å². The van der Waals surface area contributed by atoms with Gasteiger partial charge in [0.05, 0.1) is 4.90 Å². The van der Waals surface area contributed by atoms with Crippen molar-refractivity contribution in [3.8, 4) is 17.2 Å². The molecule has 0 saturated heterocycles. The van der Waals surface area contributed by atoms with Crippen molar-refractivity contribution in [3.63, 3.8) is 0 Å². The minimum atomic E-state index is -1.71. The maximum absolute atomic E-state index is 12.3. The van der Waals surface area contributed by atoms with Crippen LogP contribution in [0.4, 0.5) is 0 Å². The van der Waals surface area contributed by atoms with Crippen LogP contribution in [0.1, 0.15) is 43.2 Å². The Hall–Kier alpha value is -2.27. The average molecular weight is 358 g/mol. The third-order valence-corrected chi connectivity index (χ3v) is 5.44. The van der Waals surface area contributed by atoms with Crippen LogP contribution in [0.2, 0.25) is 0 Å². The van der Waals surface area contributed by atoms with Crippen molar-refractivity contribution >= 4 is 11.1 Å². The SMILES string of the molecule is CC1=CC(c2c(O)cc(OS(=O)c3ccc(C)cc3)cc2O)CCC1. The van der Waals surface area contributed by atoms with E-state index in [2.05, 4.69) is 13.0 Å². The molecule has 2 N–H and O–H groups in total. The van der Waals surface area contributed by atoms with E-state index in [4.69, 9.17) is 4.18 Å². The van der Waals surface area contributed by atoms with E-state index >= 15 is 0 Å². The van der Waals surface area contributed by atoms with Crippen molar-refractivity contribution in [2.45, 2.75) is 43.9 Å². The normalized spacial score (nSPS) is 18.5. The zero-order chi connectivity index (χ0) is 18.0. The van der Waals surface area contributed by atoms with Crippen molar-refractivity contribution in [2.24, 2.45) is 0 Å². The molecule has 0 radical (unpaired) electrons. The number of hydrogen-bond donors (Lipinski definition) is 2. The molecule has 2 unspecified atom stereocenters. The quantitative estimate of drug-likeness (QED) is 0.776. The van der Waals surface area contributed by atoms with Crippen LogP contribution in [0.25, 0.3) is 0 Å². The molecule has 2 atom stereocenters. The van der Waals surface area contributed by atoms with Gasteiger partial charge in [0.15, 0.2) is 0 Å². The number of hydrogen-bond acceptors (Lipinski definition) is 4. The Morgan fingerprint density at radius 2 is 1.72 bits per heavy atom. The first-order chi connectivity index (χ1) is 11.9. The van der Waals surface area contributed by atoms with E-state index in [0.717, 1.165) is 24.8 Å². The molecule has 132 valence electrons. The Morgan fingerprint density at radius 3 is 2.32 bits per heavy atom. The molecule has 25 heavy (non-hydrogen) atoms. The van der Waals surface area contributed by atoms with Crippen molar-refractivity contribution in [3.05, 3.63) is 59.2 Å². The second kappa shape index (κ2) is 7.31. The zero-order valence-electron chi connectivity index (χ0n) is 14.4. The van der Waals surface area contributed by atoms with Crippen LogP contribution in [0.3, 0.4) is 0 Å². The van der Waals surface area contributed by atoms with Crippen LogP contribution < -0.4 is 4.18 Å². The predicted octanol–water partition coefficient (Wildman–Crippen LogP) is 4.72. The molecular formula is C20H22O4S. The fourth-order valence-electron chi connectivity index (χ4n) is 3.15. The van der Waals surface area contributed by atoms with Crippen LogP contribution in [0, 0.1) is 6.92 Å². The summed E-state index contributed by atoms with van der Waals surface area (Å²) in [6.07, 6.45) is 5.05. The first kappa shape index (κ1) is 17.5.